The summed E-state index contributed by atoms with van der Waals surface area (Å²) in [6.07, 6.45) is 0.894. The Kier molecular flexibility index (Phi) is 4.49. The Hall–Kier alpha value is -2.37. The predicted molar refractivity (Wildman–Crippen MR) is 68.5 cm³/mol. The number of carbonyl (C=O) groups is 1. The number of amides is 1. The van der Waals surface area contributed by atoms with Crippen molar-refractivity contribution in [2.24, 2.45) is 0 Å². The van der Waals surface area contributed by atoms with E-state index in [1.807, 2.05) is 30.3 Å². The number of alkyl carbamates (subject to hydrolysis) is 1. The molecule has 0 atom stereocenters. The fourth-order valence-electron chi connectivity index (χ4n) is 1.56. The van der Waals surface area contributed by atoms with Crippen molar-refractivity contribution in [1.82, 2.24) is 15.5 Å². The molecule has 6 nitrogen and oxygen atoms in total. The molecule has 0 saturated heterocycles. The zero-order valence-corrected chi connectivity index (χ0v) is 10.6. The van der Waals surface area contributed by atoms with Crippen LogP contribution in [0, 0.1) is 0 Å². The molecule has 1 amide bonds. The lowest BCUT2D eigenvalue weighted by Gasteiger charge is -2.00. The standard InChI is InChI=1S/C13H15N3O3/c1-18-13(17)14-9-5-8-11-15-12(16-19-11)10-6-3-2-4-7-10/h2-4,6-7H,5,8-9H2,1H3,(H,14,17). The first-order valence-electron chi connectivity index (χ1n) is 5.99. The average Bonchev–Trinajstić information content (AvgIpc) is 2.93. The van der Waals surface area contributed by atoms with Crippen LogP contribution in [0.5, 0.6) is 0 Å². The number of aryl methyl sites for hydroxylation is 1. The SMILES string of the molecule is COC(=O)NCCCc1nc(-c2ccccc2)no1. The molecular formula is C13H15N3O3. The minimum atomic E-state index is -0.435. The molecule has 2 rings (SSSR count). The van der Waals surface area contributed by atoms with Crippen LogP contribution in [0.1, 0.15) is 12.3 Å². The molecule has 0 saturated carbocycles. The van der Waals surface area contributed by atoms with Gasteiger partial charge in [-0.3, -0.25) is 0 Å². The molecule has 0 aliphatic rings. The molecule has 1 aromatic carbocycles. The first kappa shape index (κ1) is 13.1. The van der Waals surface area contributed by atoms with E-state index in [4.69, 9.17) is 4.52 Å². The number of methoxy groups -OCH3 is 1. The van der Waals surface area contributed by atoms with Crippen LogP contribution >= 0.6 is 0 Å². The van der Waals surface area contributed by atoms with Crippen LogP contribution in [0.15, 0.2) is 34.9 Å². The minimum absolute atomic E-state index is 0.435. The van der Waals surface area contributed by atoms with Crippen molar-refractivity contribution in [3.8, 4) is 11.4 Å². The Morgan fingerprint density at radius 1 is 1.37 bits per heavy atom. The highest BCUT2D eigenvalue weighted by atomic mass is 16.5. The Bertz CT molecular complexity index is 525. The van der Waals surface area contributed by atoms with Gasteiger partial charge in [0.05, 0.1) is 7.11 Å². The van der Waals surface area contributed by atoms with E-state index in [9.17, 15) is 4.79 Å². The summed E-state index contributed by atoms with van der Waals surface area (Å²) >= 11 is 0. The number of ether oxygens (including phenoxy) is 1. The van der Waals surface area contributed by atoms with Crippen molar-refractivity contribution in [2.45, 2.75) is 12.8 Å². The van der Waals surface area contributed by atoms with Crippen molar-refractivity contribution in [2.75, 3.05) is 13.7 Å². The van der Waals surface area contributed by atoms with Gasteiger partial charge >= 0.3 is 6.09 Å². The second kappa shape index (κ2) is 6.53. The summed E-state index contributed by atoms with van der Waals surface area (Å²) in [5.74, 6) is 1.14. The van der Waals surface area contributed by atoms with Gasteiger partial charge in [0, 0.05) is 18.5 Å². The number of nitrogens with one attached hydrogen (secondary N) is 1. The number of nitrogens with zero attached hydrogens (tertiary/aromatic N) is 2. The van der Waals surface area contributed by atoms with E-state index in [-0.39, 0.29) is 0 Å². The molecule has 0 spiro atoms. The largest absolute Gasteiger partial charge is 0.453 e. The number of benzene rings is 1. The summed E-state index contributed by atoms with van der Waals surface area (Å²) in [4.78, 5) is 15.1. The maximum Gasteiger partial charge on any atom is 0.406 e. The lowest BCUT2D eigenvalue weighted by atomic mass is 10.2. The summed E-state index contributed by atoms with van der Waals surface area (Å²) in [6.45, 7) is 0.510. The van der Waals surface area contributed by atoms with E-state index in [2.05, 4.69) is 20.2 Å². The average molecular weight is 261 g/mol. The van der Waals surface area contributed by atoms with Crippen LogP contribution < -0.4 is 5.32 Å². The molecule has 100 valence electrons. The van der Waals surface area contributed by atoms with Gasteiger partial charge in [-0.1, -0.05) is 35.5 Å². The van der Waals surface area contributed by atoms with Gasteiger partial charge < -0.3 is 14.6 Å². The van der Waals surface area contributed by atoms with Crippen LogP contribution in [0.4, 0.5) is 4.79 Å². The lowest BCUT2D eigenvalue weighted by molar-refractivity contribution is 0.171. The smallest absolute Gasteiger partial charge is 0.406 e. The van der Waals surface area contributed by atoms with Crippen LogP contribution in [0.3, 0.4) is 0 Å². The molecule has 0 bridgehead atoms. The molecule has 19 heavy (non-hydrogen) atoms. The van der Waals surface area contributed by atoms with E-state index in [1.54, 1.807) is 0 Å². The summed E-state index contributed by atoms with van der Waals surface area (Å²) in [5, 5.41) is 6.51. The molecule has 0 fully saturated rings. The molecule has 0 radical (unpaired) electrons. The Morgan fingerprint density at radius 2 is 2.16 bits per heavy atom. The number of rotatable bonds is 5. The maximum atomic E-state index is 10.8. The van der Waals surface area contributed by atoms with Gasteiger partial charge in [0.25, 0.3) is 0 Å². The van der Waals surface area contributed by atoms with Gasteiger partial charge in [0.15, 0.2) is 0 Å². The van der Waals surface area contributed by atoms with Gasteiger partial charge in [0.2, 0.25) is 11.7 Å². The second-order valence-electron chi connectivity index (χ2n) is 3.90. The molecule has 1 aromatic heterocycles. The van der Waals surface area contributed by atoms with Crippen molar-refractivity contribution < 1.29 is 14.1 Å². The third kappa shape index (κ3) is 3.80. The van der Waals surface area contributed by atoms with E-state index < -0.39 is 6.09 Å². The van der Waals surface area contributed by atoms with Gasteiger partial charge in [-0.15, -0.1) is 0 Å². The van der Waals surface area contributed by atoms with Crippen molar-refractivity contribution in [3.05, 3.63) is 36.2 Å². The van der Waals surface area contributed by atoms with E-state index >= 15 is 0 Å². The number of hydrogen-bond acceptors (Lipinski definition) is 5. The van der Waals surface area contributed by atoms with E-state index in [1.165, 1.54) is 7.11 Å². The second-order valence-corrected chi connectivity index (χ2v) is 3.90. The third-order valence-electron chi connectivity index (χ3n) is 2.52. The van der Waals surface area contributed by atoms with E-state index in [0.29, 0.717) is 31.1 Å². The van der Waals surface area contributed by atoms with Gasteiger partial charge in [0.1, 0.15) is 0 Å². The molecule has 0 aliphatic carbocycles. The molecule has 6 heteroatoms. The number of aromatic nitrogens is 2. The van der Waals surface area contributed by atoms with Gasteiger partial charge in [-0.2, -0.15) is 4.98 Å². The Balaban J connectivity index is 1.83. The zero-order chi connectivity index (χ0) is 13.5. The molecule has 1 N–H and O–H groups in total. The normalized spacial score (nSPS) is 10.2. The van der Waals surface area contributed by atoms with Crippen LogP contribution in [0.2, 0.25) is 0 Å². The first-order valence-corrected chi connectivity index (χ1v) is 5.99. The summed E-state index contributed by atoms with van der Waals surface area (Å²) in [7, 11) is 1.33. The fraction of sp³-hybridized carbons (Fsp3) is 0.308. The summed E-state index contributed by atoms with van der Waals surface area (Å²) in [5.41, 5.74) is 0.921. The Morgan fingerprint density at radius 3 is 2.89 bits per heavy atom. The number of carbonyl (C=O) groups excluding carboxylic acids is 1. The topological polar surface area (TPSA) is 77.2 Å². The van der Waals surface area contributed by atoms with Crippen molar-refractivity contribution in [3.63, 3.8) is 0 Å². The molecule has 0 aliphatic heterocycles. The summed E-state index contributed by atoms with van der Waals surface area (Å²) in [6, 6.07) is 9.63. The number of hydrogen-bond donors (Lipinski definition) is 1. The van der Waals surface area contributed by atoms with E-state index in [0.717, 1.165) is 5.56 Å². The van der Waals surface area contributed by atoms with Crippen molar-refractivity contribution >= 4 is 6.09 Å². The fourth-order valence-corrected chi connectivity index (χ4v) is 1.56. The highest BCUT2D eigenvalue weighted by Gasteiger charge is 2.07. The van der Waals surface area contributed by atoms with Crippen LogP contribution in [0.25, 0.3) is 11.4 Å². The molecule has 1 heterocycles. The Labute approximate surface area is 110 Å². The van der Waals surface area contributed by atoms with Crippen LogP contribution in [-0.2, 0) is 11.2 Å². The first-order chi connectivity index (χ1) is 9.29. The summed E-state index contributed by atoms with van der Waals surface area (Å²) < 4.78 is 9.61. The lowest BCUT2D eigenvalue weighted by Crippen LogP contribution is -2.24. The quantitative estimate of drug-likeness (QED) is 0.833. The zero-order valence-electron chi connectivity index (χ0n) is 10.6. The minimum Gasteiger partial charge on any atom is -0.453 e. The van der Waals surface area contributed by atoms with Crippen molar-refractivity contribution in [1.29, 1.82) is 0 Å². The van der Waals surface area contributed by atoms with Gasteiger partial charge in [-0.05, 0) is 6.42 Å². The third-order valence-corrected chi connectivity index (χ3v) is 2.52. The molecule has 2 aromatic rings. The maximum absolute atomic E-state index is 10.8. The van der Waals surface area contributed by atoms with Crippen LogP contribution in [-0.4, -0.2) is 29.9 Å². The molecular weight excluding hydrogens is 246 g/mol. The highest BCUT2D eigenvalue weighted by molar-refractivity contribution is 5.66. The predicted octanol–water partition coefficient (Wildman–Crippen LogP) is 2.03. The van der Waals surface area contributed by atoms with Gasteiger partial charge in [-0.25, -0.2) is 4.79 Å². The molecule has 0 unspecified atom stereocenters. The monoisotopic (exact) mass is 261 g/mol. The highest BCUT2D eigenvalue weighted by Crippen LogP contribution is 2.15.